The molecule has 1 N–H and O–H groups in total. The zero-order chi connectivity index (χ0) is 15.1. The van der Waals surface area contributed by atoms with E-state index in [1.807, 2.05) is 4.90 Å². The Morgan fingerprint density at radius 1 is 1.43 bits per heavy atom. The summed E-state index contributed by atoms with van der Waals surface area (Å²) in [7, 11) is 0. The molecule has 1 aromatic heterocycles. The Labute approximate surface area is 130 Å². The van der Waals surface area contributed by atoms with Crippen molar-refractivity contribution in [2.45, 2.75) is 6.92 Å². The van der Waals surface area contributed by atoms with Crippen LogP contribution in [0.25, 0.3) is 0 Å². The van der Waals surface area contributed by atoms with Crippen LogP contribution in [0, 0.1) is 0 Å². The third-order valence-corrected chi connectivity index (χ3v) is 3.74. The first-order valence-electron chi connectivity index (χ1n) is 7.19. The highest BCUT2D eigenvalue weighted by atomic mass is 35.5. The van der Waals surface area contributed by atoms with E-state index in [1.165, 1.54) is 0 Å². The number of nitrogens with one attached hydrogen (secondary N) is 1. The van der Waals surface area contributed by atoms with Gasteiger partial charge in [-0.25, -0.2) is 9.78 Å². The minimum atomic E-state index is -0.0403. The Balaban J connectivity index is 1.65. The van der Waals surface area contributed by atoms with Gasteiger partial charge in [0.05, 0.1) is 6.54 Å². The van der Waals surface area contributed by atoms with Crippen LogP contribution < -0.4 is 10.1 Å². The molecule has 0 unspecified atom stereocenters. The molecule has 116 valence electrons. The molecule has 0 aliphatic carbocycles. The third-order valence-electron chi connectivity index (χ3n) is 3.45. The lowest BCUT2D eigenvalue weighted by Crippen LogP contribution is -2.52. The second kappa shape index (κ2) is 8.05. The Kier molecular flexibility index (Phi) is 6.07. The van der Waals surface area contributed by atoms with Crippen molar-refractivity contribution >= 4 is 17.6 Å². The van der Waals surface area contributed by atoms with Gasteiger partial charge in [-0.05, 0) is 18.7 Å². The minimum absolute atomic E-state index is 0.0403. The largest absolute Gasteiger partial charge is 0.475 e. The summed E-state index contributed by atoms with van der Waals surface area (Å²) in [6, 6.07) is 3.42. The number of likely N-dealkylation sites (N-methyl/N-ethyl adjacent to an activating group) is 1. The zero-order valence-corrected chi connectivity index (χ0v) is 13.0. The predicted octanol–water partition coefficient (Wildman–Crippen LogP) is 1.46. The van der Waals surface area contributed by atoms with E-state index in [0.29, 0.717) is 24.1 Å². The number of rotatable bonds is 5. The molecule has 0 spiro atoms. The van der Waals surface area contributed by atoms with Gasteiger partial charge in [0.15, 0.2) is 0 Å². The van der Waals surface area contributed by atoms with Crippen LogP contribution in [0.1, 0.15) is 6.92 Å². The predicted molar refractivity (Wildman–Crippen MR) is 81.8 cm³/mol. The zero-order valence-electron chi connectivity index (χ0n) is 12.2. The second-order valence-corrected chi connectivity index (χ2v) is 5.20. The van der Waals surface area contributed by atoms with Crippen LogP contribution in [-0.2, 0) is 0 Å². The first-order chi connectivity index (χ1) is 10.2. The highest BCUT2D eigenvalue weighted by molar-refractivity contribution is 6.31. The number of piperazine rings is 1. The number of nitrogens with zero attached hydrogens (tertiary/aromatic N) is 3. The smallest absolute Gasteiger partial charge is 0.317 e. The van der Waals surface area contributed by atoms with Crippen LogP contribution >= 0.6 is 11.6 Å². The molecule has 0 radical (unpaired) electrons. The monoisotopic (exact) mass is 312 g/mol. The number of halogens is 1. The first kappa shape index (κ1) is 15.9. The lowest BCUT2D eigenvalue weighted by Gasteiger charge is -2.33. The van der Waals surface area contributed by atoms with Crippen LogP contribution in [0.2, 0.25) is 5.02 Å². The number of carbonyl (C=O) groups is 1. The van der Waals surface area contributed by atoms with E-state index in [-0.39, 0.29) is 6.03 Å². The van der Waals surface area contributed by atoms with E-state index < -0.39 is 0 Å². The molecular weight excluding hydrogens is 292 g/mol. The fraction of sp³-hybridized carbons (Fsp3) is 0.571. The average Bonchev–Trinajstić information content (AvgIpc) is 2.53. The minimum Gasteiger partial charge on any atom is -0.475 e. The number of urea groups is 1. The summed E-state index contributed by atoms with van der Waals surface area (Å²) in [5, 5.41) is 3.32. The quantitative estimate of drug-likeness (QED) is 0.836. The summed E-state index contributed by atoms with van der Waals surface area (Å²) in [5.74, 6) is 0.393. The van der Waals surface area contributed by atoms with E-state index in [0.717, 1.165) is 32.7 Å². The maximum atomic E-state index is 12.0. The van der Waals surface area contributed by atoms with Crippen LogP contribution in [0.4, 0.5) is 4.79 Å². The standard InChI is InChI=1S/C14H21ClN4O2/c1-2-18-7-9-19(10-8-18)14(20)17-6-11-21-13-12(15)4-3-5-16-13/h3-5H,2,6-11H2,1H3,(H,17,20). The van der Waals surface area contributed by atoms with Crippen LogP contribution in [-0.4, -0.2) is 66.7 Å². The molecule has 1 saturated heterocycles. The van der Waals surface area contributed by atoms with Crippen LogP contribution in [0.15, 0.2) is 18.3 Å². The maximum absolute atomic E-state index is 12.0. The highest BCUT2D eigenvalue weighted by Crippen LogP contribution is 2.19. The van der Waals surface area contributed by atoms with Crippen molar-refractivity contribution in [3.8, 4) is 5.88 Å². The molecule has 2 amide bonds. The molecule has 0 aromatic carbocycles. The summed E-state index contributed by atoms with van der Waals surface area (Å²) in [4.78, 5) is 20.2. The molecule has 6 nitrogen and oxygen atoms in total. The van der Waals surface area contributed by atoms with Crippen LogP contribution in [0.3, 0.4) is 0 Å². The van der Waals surface area contributed by atoms with Crippen molar-refractivity contribution in [3.63, 3.8) is 0 Å². The summed E-state index contributed by atoms with van der Waals surface area (Å²) >= 11 is 5.93. The number of hydrogen-bond acceptors (Lipinski definition) is 4. The number of hydrogen-bond donors (Lipinski definition) is 1. The number of carbonyl (C=O) groups excluding carboxylic acids is 1. The topological polar surface area (TPSA) is 57.7 Å². The molecule has 1 fully saturated rings. The second-order valence-electron chi connectivity index (χ2n) is 4.79. The van der Waals surface area contributed by atoms with Crippen LogP contribution in [0.5, 0.6) is 5.88 Å². The number of pyridine rings is 1. The Morgan fingerprint density at radius 3 is 2.86 bits per heavy atom. The van der Waals surface area contributed by atoms with Gasteiger partial charge in [-0.2, -0.15) is 0 Å². The van der Waals surface area contributed by atoms with Gasteiger partial charge >= 0.3 is 6.03 Å². The Bertz CT molecular complexity index is 464. The SMILES string of the molecule is CCN1CCN(C(=O)NCCOc2ncccc2Cl)CC1. The normalized spacial score (nSPS) is 15.8. The molecule has 2 heterocycles. The number of amides is 2. The van der Waals surface area contributed by atoms with Gasteiger partial charge < -0.3 is 19.9 Å². The molecule has 2 rings (SSSR count). The summed E-state index contributed by atoms with van der Waals surface area (Å²) in [6.45, 7) is 7.36. The molecule has 1 aliphatic rings. The average molecular weight is 313 g/mol. The molecular formula is C14H21ClN4O2. The van der Waals surface area contributed by atoms with Gasteiger partial charge in [0, 0.05) is 32.4 Å². The van der Waals surface area contributed by atoms with Gasteiger partial charge in [0.1, 0.15) is 11.6 Å². The van der Waals surface area contributed by atoms with E-state index in [4.69, 9.17) is 16.3 Å². The van der Waals surface area contributed by atoms with Crippen molar-refractivity contribution in [3.05, 3.63) is 23.4 Å². The summed E-state index contributed by atoms with van der Waals surface area (Å²) in [6.07, 6.45) is 1.62. The van der Waals surface area contributed by atoms with Crippen molar-refractivity contribution in [1.29, 1.82) is 0 Å². The highest BCUT2D eigenvalue weighted by Gasteiger charge is 2.19. The molecule has 0 saturated carbocycles. The van der Waals surface area contributed by atoms with Gasteiger partial charge in [-0.3, -0.25) is 0 Å². The first-order valence-corrected chi connectivity index (χ1v) is 7.57. The Morgan fingerprint density at radius 2 is 2.19 bits per heavy atom. The molecule has 0 bridgehead atoms. The number of ether oxygens (including phenoxy) is 1. The summed E-state index contributed by atoms with van der Waals surface area (Å²) in [5.41, 5.74) is 0. The van der Waals surface area contributed by atoms with E-state index in [2.05, 4.69) is 22.1 Å². The van der Waals surface area contributed by atoms with Crippen molar-refractivity contribution in [2.75, 3.05) is 45.9 Å². The third kappa shape index (κ3) is 4.75. The van der Waals surface area contributed by atoms with E-state index in [9.17, 15) is 4.79 Å². The van der Waals surface area contributed by atoms with Gasteiger partial charge in [-0.15, -0.1) is 0 Å². The van der Waals surface area contributed by atoms with E-state index in [1.54, 1.807) is 18.3 Å². The van der Waals surface area contributed by atoms with Crippen molar-refractivity contribution in [2.24, 2.45) is 0 Å². The van der Waals surface area contributed by atoms with Crippen molar-refractivity contribution in [1.82, 2.24) is 20.1 Å². The number of aromatic nitrogens is 1. The molecule has 0 atom stereocenters. The van der Waals surface area contributed by atoms with Gasteiger partial charge in [0.2, 0.25) is 5.88 Å². The van der Waals surface area contributed by atoms with Gasteiger partial charge in [-0.1, -0.05) is 18.5 Å². The Hall–Kier alpha value is -1.53. The fourth-order valence-electron chi connectivity index (χ4n) is 2.16. The van der Waals surface area contributed by atoms with Gasteiger partial charge in [0.25, 0.3) is 0 Å². The van der Waals surface area contributed by atoms with E-state index >= 15 is 0 Å². The molecule has 7 heteroatoms. The maximum Gasteiger partial charge on any atom is 0.317 e. The molecule has 1 aromatic rings. The molecule has 1 aliphatic heterocycles. The lowest BCUT2D eigenvalue weighted by atomic mass is 10.3. The lowest BCUT2D eigenvalue weighted by molar-refractivity contribution is 0.142. The van der Waals surface area contributed by atoms with Crippen molar-refractivity contribution < 1.29 is 9.53 Å². The fourth-order valence-corrected chi connectivity index (χ4v) is 2.34. The summed E-state index contributed by atoms with van der Waals surface area (Å²) < 4.78 is 5.42. The molecule has 21 heavy (non-hydrogen) atoms.